The normalized spacial score (nSPS) is 14.1. The van der Waals surface area contributed by atoms with Crippen LogP contribution in [-0.2, 0) is 14.3 Å². The van der Waals surface area contributed by atoms with Crippen LogP contribution in [0.25, 0.3) is 0 Å². The number of fused-ring (bicyclic) bond motifs is 1. The van der Waals surface area contributed by atoms with E-state index >= 15 is 0 Å². The summed E-state index contributed by atoms with van der Waals surface area (Å²) in [5.74, 6) is -0.308. The van der Waals surface area contributed by atoms with Gasteiger partial charge >= 0.3 is 5.97 Å². The van der Waals surface area contributed by atoms with E-state index in [-0.39, 0.29) is 18.5 Å². The zero-order chi connectivity index (χ0) is 17.8. The standard InChI is InChI=1S/C19H19ClN2O3/c1-14(23)25-12-11-21-10-9-19(24)22(16-5-3-2-4-6-16)18-13-15(20)7-8-17(18)21/h2-8,13H,9-12H2,1H3. The number of benzene rings is 2. The minimum atomic E-state index is -0.312. The molecule has 3 rings (SSSR count). The van der Waals surface area contributed by atoms with Crippen LogP contribution in [0.5, 0.6) is 0 Å². The molecule has 1 aliphatic rings. The molecule has 6 heteroatoms. The fourth-order valence-corrected chi connectivity index (χ4v) is 3.10. The van der Waals surface area contributed by atoms with E-state index in [2.05, 4.69) is 4.90 Å². The first-order valence-corrected chi connectivity index (χ1v) is 8.50. The van der Waals surface area contributed by atoms with E-state index in [0.717, 1.165) is 17.1 Å². The van der Waals surface area contributed by atoms with E-state index in [1.54, 1.807) is 17.0 Å². The van der Waals surface area contributed by atoms with Gasteiger partial charge in [-0.15, -0.1) is 0 Å². The van der Waals surface area contributed by atoms with Gasteiger partial charge in [0.1, 0.15) is 6.61 Å². The van der Waals surface area contributed by atoms with Crippen LogP contribution in [0.4, 0.5) is 17.1 Å². The van der Waals surface area contributed by atoms with Crippen molar-refractivity contribution >= 4 is 40.5 Å². The predicted molar refractivity (Wildman–Crippen MR) is 98.5 cm³/mol. The van der Waals surface area contributed by atoms with Crippen molar-refractivity contribution in [2.75, 3.05) is 29.5 Å². The number of carbonyl (C=O) groups excluding carboxylic acids is 2. The molecule has 1 heterocycles. The largest absolute Gasteiger partial charge is 0.464 e. The van der Waals surface area contributed by atoms with Crippen molar-refractivity contribution < 1.29 is 14.3 Å². The monoisotopic (exact) mass is 358 g/mol. The Kier molecular flexibility index (Phi) is 5.24. The average molecular weight is 359 g/mol. The molecule has 1 amide bonds. The van der Waals surface area contributed by atoms with Crippen molar-refractivity contribution in [3.05, 3.63) is 53.6 Å². The van der Waals surface area contributed by atoms with Gasteiger partial charge in [-0.2, -0.15) is 0 Å². The molecule has 0 aromatic heterocycles. The van der Waals surface area contributed by atoms with E-state index in [0.29, 0.717) is 24.5 Å². The second kappa shape index (κ2) is 7.57. The Morgan fingerprint density at radius 2 is 1.92 bits per heavy atom. The first-order chi connectivity index (χ1) is 12.1. The first-order valence-electron chi connectivity index (χ1n) is 8.12. The molecule has 0 spiro atoms. The maximum absolute atomic E-state index is 12.8. The summed E-state index contributed by atoms with van der Waals surface area (Å²) in [5, 5.41) is 0.564. The number of hydrogen-bond acceptors (Lipinski definition) is 4. The fraction of sp³-hybridized carbons (Fsp3) is 0.263. The van der Waals surface area contributed by atoms with Crippen molar-refractivity contribution in [1.82, 2.24) is 0 Å². The topological polar surface area (TPSA) is 49.9 Å². The number of ether oxygens (including phenoxy) is 1. The molecule has 2 aromatic carbocycles. The van der Waals surface area contributed by atoms with Gasteiger partial charge in [0, 0.05) is 30.6 Å². The summed E-state index contributed by atoms with van der Waals surface area (Å²) < 4.78 is 5.06. The summed E-state index contributed by atoms with van der Waals surface area (Å²) in [5.41, 5.74) is 2.44. The Morgan fingerprint density at radius 3 is 2.64 bits per heavy atom. The lowest BCUT2D eigenvalue weighted by Gasteiger charge is -2.27. The zero-order valence-electron chi connectivity index (χ0n) is 13.9. The van der Waals surface area contributed by atoms with Gasteiger partial charge in [-0.25, -0.2) is 0 Å². The molecular formula is C19H19ClN2O3. The minimum Gasteiger partial charge on any atom is -0.464 e. The van der Waals surface area contributed by atoms with Crippen LogP contribution in [0, 0.1) is 0 Å². The van der Waals surface area contributed by atoms with E-state index in [9.17, 15) is 9.59 Å². The number of para-hydroxylation sites is 1. The quantitative estimate of drug-likeness (QED) is 0.780. The number of esters is 1. The van der Waals surface area contributed by atoms with Gasteiger partial charge in [-0.3, -0.25) is 14.5 Å². The smallest absolute Gasteiger partial charge is 0.302 e. The van der Waals surface area contributed by atoms with Crippen LogP contribution >= 0.6 is 11.6 Å². The first kappa shape index (κ1) is 17.3. The van der Waals surface area contributed by atoms with Gasteiger partial charge < -0.3 is 9.64 Å². The van der Waals surface area contributed by atoms with Crippen LogP contribution in [0.1, 0.15) is 13.3 Å². The third kappa shape index (κ3) is 3.94. The second-order valence-electron chi connectivity index (χ2n) is 5.77. The minimum absolute atomic E-state index is 0.00435. The van der Waals surface area contributed by atoms with Gasteiger partial charge in [0.15, 0.2) is 0 Å². The Bertz CT molecular complexity index is 779. The van der Waals surface area contributed by atoms with E-state index in [4.69, 9.17) is 16.3 Å². The van der Waals surface area contributed by atoms with Gasteiger partial charge in [-0.05, 0) is 30.3 Å². The van der Waals surface area contributed by atoms with Crippen molar-refractivity contribution in [1.29, 1.82) is 0 Å². The fourth-order valence-electron chi connectivity index (χ4n) is 2.93. The number of rotatable bonds is 4. The number of hydrogen-bond donors (Lipinski definition) is 0. The van der Waals surface area contributed by atoms with Crippen LogP contribution < -0.4 is 9.80 Å². The molecule has 25 heavy (non-hydrogen) atoms. The molecule has 0 fully saturated rings. The molecule has 0 saturated carbocycles. The maximum atomic E-state index is 12.8. The summed E-state index contributed by atoms with van der Waals surface area (Å²) in [6, 6.07) is 15.0. The van der Waals surface area contributed by atoms with Crippen LogP contribution in [0.3, 0.4) is 0 Å². The summed E-state index contributed by atoms with van der Waals surface area (Å²) >= 11 is 6.20. The van der Waals surface area contributed by atoms with E-state index in [1.807, 2.05) is 36.4 Å². The molecule has 0 unspecified atom stereocenters. The highest BCUT2D eigenvalue weighted by molar-refractivity contribution is 6.31. The molecular weight excluding hydrogens is 340 g/mol. The lowest BCUT2D eigenvalue weighted by Crippen LogP contribution is -2.29. The average Bonchev–Trinajstić information content (AvgIpc) is 2.72. The Labute approximate surface area is 151 Å². The third-order valence-electron chi connectivity index (χ3n) is 4.04. The Hall–Kier alpha value is -2.53. The van der Waals surface area contributed by atoms with Gasteiger partial charge in [-0.1, -0.05) is 29.8 Å². The second-order valence-corrected chi connectivity index (χ2v) is 6.21. The Balaban J connectivity index is 1.99. The third-order valence-corrected chi connectivity index (χ3v) is 4.28. The highest BCUT2D eigenvalue weighted by atomic mass is 35.5. The predicted octanol–water partition coefficient (Wildman–Crippen LogP) is 3.78. The highest BCUT2D eigenvalue weighted by Crippen LogP contribution is 2.39. The summed E-state index contributed by atoms with van der Waals surface area (Å²) in [6.45, 7) is 2.73. The van der Waals surface area contributed by atoms with Crippen LogP contribution in [0.15, 0.2) is 48.5 Å². The van der Waals surface area contributed by atoms with Crippen molar-refractivity contribution in [2.45, 2.75) is 13.3 Å². The molecule has 0 radical (unpaired) electrons. The van der Waals surface area contributed by atoms with Crippen molar-refractivity contribution in [3.63, 3.8) is 0 Å². The number of amides is 1. The summed E-state index contributed by atoms with van der Waals surface area (Å²) in [4.78, 5) is 27.6. The zero-order valence-corrected chi connectivity index (χ0v) is 14.7. The molecule has 0 atom stereocenters. The molecule has 2 aromatic rings. The van der Waals surface area contributed by atoms with Crippen LogP contribution in [-0.4, -0.2) is 31.6 Å². The highest BCUT2D eigenvalue weighted by Gasteiger charge is 2.27. The molecule has 1 aliphatic heterocycles. The van der Waals surface area contributed by atoms with Crippen molar-refractivity contribution in [2.24, 2.45) is 0 Å². The Morgan fingerprint density at radius 1 is 1.16 bits per heavy atom. The molecule has 5 nitrogen and oxygen atoms in total. The lowest BCUT2D eigenvalue weighted by atomic mass is 10.2. The molecule has 0 bridgehead atoms. The lowest BCUT2D eigenvalue weighted by molar-refractivity contribution is -0.140. The van der Waals surface area contributed by atoms with Gasteiger partial charge in [0.25, 0.3) is 0 Å². The number of halogens is 1. The van der Waals surface area contributed by atoms with Crippen LogP contribution in [0.2, 0.25) is 5.02 Å². The molecule has 130 valence electrons. The maximum Gasteiger partial charge on any atom is 0.302 e. The van der Waals surface area contributed by atoms with E-state index < -0.39 is 0 Å². The molecule has 0 saturated heterocycles. The summed E-state index contributed by atoms with van der Waals surface area (Å²) in [6.07, 6.45) is 0.362. The number of anilines is 3. The van der Waals surface area contributed by atoms with E-state index in [1.165, 1.54) is 6.92 Å². The molecule has 0 aliphatic carbocycles. The number of nitrogens with zero attached hydrogens (tertiary/aromatic N) is 2. The van der Waals surface area contributed by atoms with Crippen molar-refractivity contribution in [3.8, 4) is 0 Å². The molecule has 0 N–H and O–H groups in total. The van der Waals surface area contributed by atoms with Gasteiger partial charge in [0.05, 0.1) is 17.9 Å². The van der Waals surface area contributed by atoms with Gasteiger partial charge in [0.2, 0.25) is 5.91 Å². The number of carbonyl (C=O) groups is 2. The summed E-state index contributed by atoms with van der Waals surface area (Å²) in [7, 11) is 0. The SMILES string of the molecule is CC(=O)OCCN1CCC(=O)N(c2ccccc2)c2cc(Cl)ccc21.